The van der Waals surface area contributed by atoms with Crippen LogP contribution < -0.4 is 10.6 Å². The van der Waals surface area contributed by atoms with E-state index >= 15 is 0 Å². The molecule has 1 fully saturated rings. The van der Waals surface area contributed by atoms with E-state index in [2.05, 4.69) is 33.8 Å². The molecule has 4 nitrogen and oxygen atoms in total. The summed E-state index contributed by atoms with van der Waals surface area (Å²) in [5, 5.41) is 7.89. The lowest BCUT2D eigenvalue weighted by atomic mass is 10.0. The number of nitrogens with zero attached hydrogens (tertiary/aromatic N) is 2. The highest BCUT2D eigenvalue weighted by atomic mass is 32.1. The quantitative estimate of drug-likeness (QED) is 0.823. The van der Waals surface area contributed by atoms with Crippen molar-refractivity contribution in [1.82, 2.24) is 14.7 Å². The molecule has 1 saturated heterocycles. The molecule has 0 saturated carbocycles. The molecule has 1 aromatic rings. The fourth-order valence-electron chi connectivity index (χ4n) is 1.89. The number of piperidine rings is 1. The Bertz CT molecular complexity index is 312. The maximum Gasteiger partial charge on any atom is 0.202 e. The highest BCUT2D eigenvalue weighted by Gasteiger charge is 2.18. The Morgan fingerprint density at radius 2 is 2.47 bits per heavy atom. The second-order valence-electron chi connectivity index (χ2n) is 4.09. The van der Waals surface area contributed by atoms with E-state index < -0.39 is 0 Å². The molecule has 0 amide bonds. The van der Waals surface area contributed by atoms with E-state index in [1.807, 2.05) is 0 Å². The van der Waals surface area contributed by atoms with Crippen LogP contribution >= 0.6 is 11.5 Å². The molecule has 0 spiro atoms. The maximum absolute atomic E-state index is 4.42. The van der Waals surface area contributed by atoms with E-state index in [9.17, 15) is 0 Å². The van der Waals surface area contributed by atoms with Gasteiger partial charge >= 0.3 is 0 Å². The Balaban J connectivity index is 1.90. The summed E-state index contributed by atoms with van der Waals surface area (Å²) in [6.45, 7) is 5.40. The van der Waals surface area contributed by atoms with Crippen molar-refractivity contribution >= 4 is 16.7 Å². The molecular weight excluding hydrogens is 208 g/mol. The molecule has 1 aliphatic heterocycles. The van der Waals surface area contributed by atoms with Crippen LogP contribution in [0.4, 0.5) is 5.13 Å². The lowest BCUT2D eigenvalue weighted by Gasteiger charge is -2.28. The molecule has 1 aliphatic rings. The van der Waals surface area contributed by atoms with Crippen LogP contribution in [0, 0.1) is 0 Å². The van der Waals surface area contributed by atoms with Gasteiger partial charge in [0.1, 0.15) is 5.82 Å². The van der Waals surface area contributed by atoms with Crippen molar-refractivity contribution in [2.24, 2.45) is 0 Å². The van der Waals surface area contributed by atoms with Crippen molar-refractivity contribution in [3.63, 3.8) is 0 Å². The number of aromatic nitrogens is 2. The molecule has 5 heteroatoms. The minimum absolute atomic E-state index is 0.555. The van der Waals surface area contributed by atoms with Crippen molar-refractivity contribution in [2.45, 2.75) is 45.2 Å². The Morgan fingerprint density at radius 1 is 1.60 bits per heavy atom. The van der Waals surface area contributed by atoms with Crippen LogP contribution in [0.1, 0.15) is 32.5 Å². The fourth-order valence-corrected chi connectivity index (χ4v) is 2.62. The van der Waals surface area contributed by atoms with Gasteiger partial charge in [0.2, 0.25) is 5.13 Å². The van der Waals surface area contributed by atoms with Crippen LogP contribution in [0.5, 0.6) is 0 Å². The van der Waals surface area contributed by atoms with Crippen LogP contribution in [-0.2, 0) is 6.42 Å². The summed E-state index contributed by atoms with van der Waals surface area (Å²) >= 11 is 1.48. The Morgan fingerprint density at radius 3 is 3.13 bits per heavy atom. The van der Waals surface area contributed by atoms with Crippen LogP contribution in [0.25, 0.3) is 0 Å². The van der Waals surface area contributed by atoms with Crippen molar-refractivity contribution in [1.29, 1.82) is 0 Å². The predicted molar refractivity (Wildman–Crippen MR) is 63.4 cm³/mol. The van der Waals surface area contributed by atoms with Gasteiger partial charge in [0.05, 0.1) is 0 Å². The van der Waals surface area contributed by atoms with E-state index in [4.69, 9.17) is 0 Å². The van der Waals surface area contributed by atoms with Crippen LogP contribution in [0.3, 0.4) is 0 Å². The zero-order chi connectivity index (χ0) is 10.7. The van der Waals surface area contributed by atoms with Gasteiger partial charge in [0, 0.05) is 30.0 Å². The van der Waals surface area contributed by atoms with Gasteiger partial charge in [0.25, 0.3) is 0 Å². The SMILES string of the molecule is CCc1nsc(NC2CCNC(C)C2)n1. The minimum atomic E-state index is 0.555. The van der Waals surface area contributed by atoms with Crippen molar-refractivity contribution in [3.05, 3.63) is 5.82 Å². The van der Waals surface area contributed by atoms with Crippen LogP contribution in [0.15, 0.2) is 0 Å². The molecular formula is C10H18N4S. The van der Waals surface area contributed by atoms with Gasteiger partial charge in [-0.3, -0.25) is 0 Å². The van der Waals surface area contributed by atoms with Gasteiger partial charge in [-0.1, -0.05) is 6.92 Å². The summed E-state index contributed by atoms with van der Waals surface area (Å²) in [7, 11) is 0. The Labute approximate surface area is 94.7 Å². The average Bonchev–Trinajstić information content (AvgIpc) is 2.65. The second kappa shape index (κ2) is 4.90. The number of aryl methyl sites for hydroxylation is 1. The number of nitrogens with one attached hydrogen (secondary N) is 2. The lowest BCUT2D eigenvalue weighted by Crippen LogP contribution is -2.41. The van der Waals surface area contributed by atoms with Gasteiger partial charge < -0.3 is 10.6 Å². The van der Waals surface area contributed by atoms with Gasteiger partial charge in [-0.2, -0.15) is 4.37 Å². The Kier molecular flexibility index (Phi) is 3.53. The summed E-state index contributed by atoms with van der Waals surface area (Å²) in [5.74, 6) is 0.949. The molecule has 0 radical (unpaired) electrons. The summed E-state index contributed by atoms with van der Waals surface area (Å²) in [5.41, 5.74) is 0. The van der Waals surface area contributed by atoms with Crippen molar-refractivity contribution in [3.8, 4) is 0 Å². The maximum atomic E-state index is 4.42. The molecule has 84 valence electrons. The number of hydrogen-bond donors (Lipinski definition) is 2. The smallest absolute Gasteiger partial charge is 0.202 e. The number of hydrogen-bond acceptors (Lipinski definition) is 5. The van der Waals surface area contributed by atoms with E-state index in [1.54, 1.807) is 0 Å². The van der Waals surface area contributed by atoms with Crippen molar-refractivity contribution < 1.29 is 0 Å². The number of anilines is 1. The van der Waals surface area contributed by atoms with Crippen LogP contribution in [0.2, 0.25) is 0 Å². The first kappa shape index (κ1) is 10.8. The normalized spacial score (nSPS) is 26.5. The third kappa shape index (κ3) is 2.89. The summed E-state index contributed by atoms with van der Waals surface area (Å²) < 4.78 is 4.27. The van der Waals surface area contributed by atoms with Crippen LogP contribution in [-0.4, -0.2) is 28.0 Å². The van der Waals surface area contributed by atoms with Gasteiger partial charge in [-0.25, -0.2) is 4.98 Å². The first-order valence-corrected chi connectivity index (χ1v) is 6.37. The Hall–Kier alpha value is -0.680. The molecule has 2 heterocycles. The molecule has 0 aliphatic carbocycles. The largest absolute Gasteiger partial charge is 0.357 e. The van der Waals surface area contributed by atoms with E-state index in [1.165, 1.54) is 24.4 Å². The second-order valence-corrected chi connectivity index (χ2v) is 4.84. The monoisotopic (exact) mass is 226 g/mol. The van der Waals surface area contributed by atoms with Gasteiger partial charge in [0.15, 0.2) is 0 Å². The third-order valence-electron chi connectivity index (χ3n) is 2.74. The standard InChI is InChI=1S/C10H18N4S/c1-3-9-13-10(15-14-9)12-8-4-5-11-7(2)6-8/h7-8,11H,3-6H2,1-2H3,(H,12,13,14). The molecule has 2 rings (SSSR count). The topological polar surface area (TPSA) is 49.8 Å². The molecule has 15 heavy (non-hydrogen) atoms. The molecule has 2 unspecified atom stereocenters. The highest BCUT2D eigenvalue weighted by Crippen LogP contribution is 2.17. The van der Waals surface area contributed by atoms with Gasteiger partial charge in [-0.05, 0) is 26.3 Å². The molecule has 1 aromatic heterocycles. The summed E-state index contributed by atoms with van der Waals surface area (Å²) in [6.07, 6.45) is 3.26. The summed E-state index contributed by atoms with van der Waals surface area (Å²) in [4.78, 5) is 4.42. The number of rotatable bonds is 3. The molecule has 2 N–H and O–H groups in total. The first-order chi connectivity index (χ1) is 7.28. The fraction of sp³-hybridized carbons (Fsp3) is 0.800. The summed E-state index contributed by atoms with van der Waals surface area (Å²) in [6, 6.07) is 1.16. The molecule has 0 aromatic carbocycles. The van der Waals surface area contributed by atoms with E-state index in [0.717, 1.165) is 23.9 Å². The minimum Gasteiger partial charge on any atom is -0.357 e. The predicted octanol–water partition coefficient (Wildman–Crippen LogP) is 1.65. The van der Waals surface area contributed by atoms with Gasteiger partial charge in [-0.15, -0.1) is 0 Å². The highest BCUT2D eigenvalue weighted by molar-refractivity contribution is 7.09. The third-order valence-corrected chi connectivity index (χ3v) is 3.42. The average molecular weight is 226 g/mol. The molecule has 2 atom stereocenters. The first-order valence-electron chi connectivity index (χ1n) is 5.60. The molecule has 0 bridgehead atoms. The van der Waals surface area contributed by atoms with E-state index in [0.29, 0.717) is 12.1 Å². The van der Waals surface area contributed by atoms with E-state index in [-0.39, 0.29) is 0 Å². The van der Waals surface area contributed by atoms with Crippen molar-refractivity contribution in [2.75, 3.05) is 11.9 Å². The zero-order valence-electron chi connectivity index (χ0n) is 9.29. The lowest BCUT2D eigenvalue weighted by molar-refractivity contribution is 0.396. The zero-order valence-corrected chi connectivity index (χ0v) is 10.1.